The molecule has 2 nitrogen and oxygen atoms in total. The number of hydrogen-bond donors (Lipinski definition) is 1. The summed E-state index contributed by atoms with van der Waals surface area (Å²) in [6.45, 7) is 1.40. The molecule has 0 heterocycles. The van der Waals surface area contributed by atoms with Crippen LogP contribution in [0.3, 0.4) is 0 Å². The second-order valence-corrected chi connectivity index (χ2v) is 3.52. The molecule has 0 bridgehead atoms. The Balaban J connectivity index is 2.30. The molecular weight excluding hydrogens is 238 g/mol. The van der Waals surface area contributed by atoms with Crippen LogP contribution in [0.5, 0.6) is 0 Å². The molecule has 0 amide bonds. The number of halogens is 4. The van der Waals surface area contributed by atoms with Crippen LogP contribution in [0.2, 0.25) is 0 Å². The van der Waals surface area contributed by atoms with Gasteiger partial charge in [0.15, 0.2) is 0 Å². The molecule has 0 saturated heterocycles. The predicted octanol–water partition coefficient (Wildman–Crippen LogP) is 3.01. The van der Waals surface area contributed by atoms with Gasteiger partial charge < -0.3 is 5.32 Å². The number of ether oxygens (including phenoxy) is 1. The van der Waals surface area contributed by atoms with Gasteiger partial charge >= 0.3 is 6.36 Å². The first kappa shape index (κ1) is 13.9. The van der Waals surface area contributed by atoms with Gasteiger partial charge in [0.05, 0.1) is 6.61 Å². The molecule has 0 spiro atoms. The maximum Gasteiger partial charge on any atom is 0.522 e. The molecule has 96 valence electrons. The first-order valence-electron chi connectivity index (χ1n) is 5.08. The second-order valence-electron chi connectivity index (χ2n) is 3.52. The van der Waals surface area contributed by atoms with Crippen molar-refractivity contribution in [3.05, 3.63) is 35.6 Å². The van der Waals surface area contributed by atoms with Gasteiger partial charge in [0.2, 0.25) is 0 Å². The van der Waals surface area contributed by atoms with Crippen LogP contribution in [-0.4, -0.2) is 19.5 Å². The molecular formula is C11H13F4NO. The van der Waals surface area contributed by atoms with E-state index in [1.165, 1.54) is 12.1 Å². The smallest absolute Gasteiger partial charge is 0.308 e. The molecule has 0 aliphatic carbocycles. The molecule has 1 aromatic carbocycles. The maximum atomic E-state index is 12.6. The van der Waals surface area contributed by atoms with Crippen molar-refractivity contribution in [1.82, 2.24) is 5.32 Å². The SMILES string of the molecule is C[C@@H](NCCOC(F)(F)F)c1ccc(F)cc1. The third-order valence-corrected chi connectivity index (χ3v) is 2.19. The Kier molecular flexibility index (Phi) is 4.89. The molecule has 0 unspecified atom stereocenters. The van der Waals surface area contributed by atoms with Crippen LogP contribution in [-0.2, 0) is 4.74 Å². The first-order valence-corrected chi connectivity index (χ1v) is 5.08. The summed E-state index contributed by atoms with van der Waals surface area (Å²) in [4.78, 5) is 0. The topological polar surface area (TPSA) is 21.3 Å². The zero-order chi connectivity index (χ0) is 12.9. The van der Waals surface area contributed by atoms with E-state index in [1.807, 2.05) is 0 Å². The minimum absolute atomic E-state index is 0.0675. The highest BCUT2D eigenvalue weighted by molar-refractivity contribution is 5.19. The lowest BCUT2D eigenvalue weighted by atomic mass is 10.1. The minimum atomic E-state index is -4.60. The van der Waals surface area contributed by atoms with Gasteiger partial charge in [0, 0.05) is 12.6 Å². The van der Waals surface area contributed by atoms with Crippen LogP contribution in [0.15, 0.2) is 24.3 Å². The van der Waals surface area contributed by atoms with Gasteiger partial charge in [-0.15, -0.1) is 13.2 Å². The third kappa shape index (κ3) is 5.65. The van der Waals surface area contributed by atoms with Crippen molar-refractivity contribution in [2.45, 2.75) is 19.3 Å². The molecule has 0 fully saturated rings. The van der Waals surface area contributed by atoms with E-state index in [1.54, 1.807) is 19.1 Å². The van der Waals surface area contributed by atoms with Crippen LogP contribution in [0, 0.1) is 5.82 Å². The van der Waals surface area contributed by atoms with E-state index in [2.05, 4.69) is 10.1 Å². The van der Waals surface area contributed by atoms with Gasteiger partial charge in [0.1, 0.15) is 5.82 Å². The molecule has 0 saturated carbocycles. The average molecular weight is 251 g/mol. The monoisotopic (exact) mass is 251 g/mol. The summed E-state index contributed by atoms with van der Waals surface area (Å²) in [5.41, 5.74) is 0.804. The average Bonchev–Trinajstić information content (AvgIpc) is 2.24. The number of alkyl halides is 3. The molecule has 0 aromatic heterocycles. The van der Waals surface area contributed by atoms with E-state index in [9.17, 15) is 17.6 Å². The molecule has 0 aliphatic rings. The molecule has 1 rings (SSSR count). The summed E-state index contributed by atoms with van der Waals surface area (Å²) in [7, 11) is 0. The summed E-state index contributed by atoms with van der Waals surface area (Å²) >= 11 is 0. The minimum Gasteiger partial charge on any atom is -0.308 e. The zero-order valence-electron chi connectivity index (χ0n) is 9.22. The lowest BCUT2D eigenvalue weighted by Gasteiger charge is -2.14. The van der Waals surface area contributed by atoms with E-state index < -0.39 is 13.0 Å². The van der Waals surface area contributed by atoms with Gasteiger partial charge in [-0.05, 0) is 24.6 Å². The zero-order valence-corrected chi connectivity index (χ0v) is 9.22. The lowest BCUT2D eigenvalue weighted by molar-refractivity contribution is -0.323. The standard InChI is InChI=1S/C11H13F4NO/c1-8(9-2-4-10(12)5-3-9)16-6-7-17-11(13,14)15/h2-5,8,16H,6-7H2,1H3/t8-/m1/s1. The van der Waals surface area contributed by atoms with Crippen molar-refractivity contribution in [3.63, 3.8) is 0 Å². The van der Waals surface area contributed by atoms with Gasteiger partial charge in [0.25, 0.3) is 0 Å². The fourth-order valence-corrected chi connectivity index (χ4v) is 1.31. The van der Waals surface area contributed by atoms with Gasteiger partial charge in [-0.2, -0.15) is 0 Å². The van der Waals surface area contributed by atoms with Crippen molar-refractivity contribution in [2.75, 3.05) is 13.2 Å². The van der Waals surface area contributed by atoms with E-state index in [0.29, 0.717) is 0 Å². The van der Waals surface area contributed by atoms with Crippen LogP contribution >= 0.6 is 0 Å². The van der Waals surface area contributed by atoms with E-state index in [4.69, 9.17) is 0 Å². The quantitative estimate of drug-likeness (QED) is 0.641. The Bertz CT molecular complexity index is 336. The molecule has 1 atom stereocenters. The van der Waals surface area contributed by atoms with Crippen molar-refractivity contribution >= 4 is 0 Å². The van der Waals surface area contributed by atoms with Gasteiger partial charge in [-0.3, -0.25) is 4.74 Å². The second kappa shape index (κ2) is 5.97. The van der Waals surface area contributed by atoms with Crippen molar-refractivity contribution in [3.8, 4) is 0 Å². The van der Waals surface area contributed by atoms with Crippen LogP contribution in [0.25, 0.3) is 0 Å². The molecule has 0 radical (unpaired) electrons. The van der Waals surface area contributed by atoms with Gasteiger partial charge in [-0.1, -0.05) is 12.1 Å². The fourth-order valence-electron chi connectivity index (χ4n) is 1.31. The number of rotatable bonds is 5. The van der Waals surface area contributed by atoms with Crippen LogP contribution in [0.1, 0.15) is 18.5 Å². The fraction of sp³-hybridized carbons (Fsp3) is 0.455. The Hall–Kier alpha value is -1.14. The van der Waals surface area contributed by atoms with Crippen LogP contribution < -0.4 is 5.32 Å². The molecule has 6 heteroatoms. The maximum absolute atomic E-state index is 12.6. The normalized spacial score (nSPS) is 13.7. The van der Waals surface area contributed by atoms with Crippen molar-refractivity contribution in [1.29, 1.82) is 0 Å². The summed E-state index contributed by atoms with van der Waals surface area (Å²) < 4.78 is 51.2. The number of hydrogen-bond acceptors (Lipinski definition) is 2. The molecule has 17 heavy (non-hydrogen) atoms. The summed E-state index contributed by atoms with van der Waals surface area (Å²) in [6, 6.07) is 5.61. The largest absolute Gasteiger partial charge is 0.522 e. The van der Waals surface area contributed by atoms with Gasteiger partial charge in [-0.25, -0.2) is 4.39 Å². The van der Waals surface area contributed by atoms with E-state index in [-0.39, 0.29) is 18.4 Å². The highest BCUT2D eigenvalue weighted by Crippen LogP contribution is 2.16. The van der Waals surface area contributed by atoms with Crippen molar-refractivity contribution in [2.24, 2.45) is 0 Å². The Morgan fingerprint density at radius 3 is 2.35 bits per heavy atom. The molecule has 0 aliphatic heterocycles. The van der Waals surface area contributed by atoms with E-state index in [0.717, 1.165) is 5.56 Å². The number of nitrogens with one attached hydrogen (secondary N) is 1. The third-order valence-electron chi connectivity index (χ3n) is 2.19. The summed E-state index contributed by atoms with van der Waals surface area (Å²) in [5.74, 6) is -0.346. The highest BCUT2D eigenvalue weighted by Gasteiger charge is 2.28. The lowest BCUT2D eigenvalue weighted by Crippen LogP contribution is -2.26. The first-order chi connectivity index (χ1) is 7.88. The van der Waals surface area contributed by atoms with Crippen LogP contribution in [0.4, 0.5) is 17.6 Å². The molecule has 1 N–H and O–H groups in total. The Morgan fingerprint density at radius 2 is 1.82 bits per heavy atom. The van der Waals surface area contributed by atoms with E-state index >= 15 is 0 Å². The van der Waals surface area contributed by atoms with Crippen molar-refractivity contribution < 1.29 is 22.3 Å². The highest BCUT2D eigenvalue weighted by atomic mass is 19.4. The Labute approximate surface area is 96.6 Å². The molecule has 1 aromatic rings. The predicted molar refractivity (Wildman–Crippen MR) is 54.8 cm³/mol. The number of benzene rings is 1. The summed E-state index contributed by atoms with van der Waals surface area (Å²) in [6.07, 6.45) is -4.60. The Morgan fingerprint density at radius 1 is 1.24 bits per heavy atom. The summed E-state index contributed by atoms with van der Waals surface area (Å²) in [5, 5.41) is 2.84.